The molecular formula is C9H15N5O2. The molecule has 1 aromatic heterocycles. The van der Waals surface area contributed by atoms with Crippen molar-refractivity contribution < 1.29 is 9.32 Å². The molecule has 88 valence electrons. The van der Waals surface area contributed by atoms with Crippen LogP contribution in [0.15, 0.2) is 10.9 Å². The summed E-state index contributed by atoms with van der Waals surface area (Å²) in [4.78, 5) is 16.5. The Balaban J connectivity index is 1.71. The van der Waals surface area contributed by atoms with Gasteiger partial charge in [-0.15, -0.1) is 0 Å². The maximum Gasteiger partial charge on any atom is 0.314 e. The van der Waals surface area contributed by atoms with Crippen LogP contribution in [0.5, 0.6) is 0 Å². The minimum atomic E-state index is -0.336. The molecule has 1 aliphatic heterocycles. The Morgan fingerprint density at radius 3 is 2.94 bits per heavy atom. The first-order chi connectivity index (χ1) is 7.75. The Morgan fingerprint density at radius 2 is 2.38 bits per heavy atom. The fourth-order valence-corrected chi connectivity index (χ4v) is 1.81. The number of likely N-dealkylation sites (tertiary alicyclic amines) is 1. The smallest absolute Gasteiger partial charge is 0.314 e. The number of amides is 2. The topological polar surface area (TPSA) is 97.3 Å². The van der Waals surface area contributed by atoms with E-state index in [1.807, 2.05) is 0 Å². The summed E-state index contributed by atoms with van der Waals surface area (Å²) in [6.07, 6.45) is 3.12. The van der Waals surface area contributed by atoms with Crippen molar-refractivity contribution in [2.24, 2.45) is 5.73 Å². The highest BCUT2D eigenvalue weighted by molar-refractivity contribution is 5.72. The predicted octanol–water partition coefficient (Wildman–Crippen LogP) is -0.298. The zero-order chi connectivity index (χ0) is 11.4. The van der Waals surface area contributed by atoms with Crippen molar-refractivity contribution >= 4 is 6.03 Å². The molecule has 0 aromatic carbocycles. The summed E-state index contributed by atoms with van der Waals surface area (Å²) in [5.41, 5.74) is 5.20. The minimum absolute atomic E-state index is 0.336. The summed E-state index contributed by atoms with van der Waals surface area (Å²) in [7, 11) is 0. The third-order valence-corrected chi connectivity index (χ3v) is 2.76. The van der Waals surface area contributed by atoms with E-state index in [0.29, 0.717) is 31.5 Å². The second-order valence-electron chi connectivity index (χ2n) is 3.83. The van der Waals surface area contributed by atoms with E-state index < -0.39 is 0 Å². The van der Waals surface area contributed by atoms with Crippen LogP contribution in [0, 0.1) is 0 Å². The molecule has 1 saturated heterocycles. The van der Waals surface area contributed by atoms with Crippen LogP contribution >= 0.6 is 0 Å². The van der Waals surface area contributed by atoms with Crippen molar-refractivity contribution in [2.75, 3.05) is 13.1 Å². The van der Waals surface area contributed by atoms with Gasteiger partial charge in [-0.05, 0) is 12.8 Å². The number of carbonyl (C=O) groups is 1. The quantitative estimate of drug-likeness (QED) is 0.736. The van der Waals surface area contributed by atoms with E-state index in [4.69, 9.17) is 5.73 Å². The first-order valence-electron chi connectivity index (χ1n) is 5.28. The number of nitrogens with zero attached hydrogens (tertiary/aromatic N) is 3. The second-order valence-corrected chi connectivity index (χ2v) is 3.83. The molecular weight excluding hydrogens is 210 g/mol. The van der Waals surface area contributed by atoms with Crippen LogP contribution in [-0.2, 0) is 6.54 Å². The normalized spacial score (nSPS) is 17.6. The highest BCUT2D eigenvalue weighted by atomic mass is 16.5. The number of nitrogens with one attached hydrogen (secondary N) is 1. The number of primary amides is 1. The Morgan fingerprint density at radius 1 is 1.62 bits per heavy atom. The van der Waals surface area contributed by atoms with Gasteiger partial charge in [0.1, 0.15) is 0 Å². The maximum absolute atomic E-state index is 10.9. The molecule has 0 bridgehead atoms. The van der Waals surface area contributed by atoms with Gasteiger partial charge in [0.15, 0.2) is 5.82 Å². The Labute approximate surface area is 93.0 Å². The number of urea groups is 1. The number of nitrogens with two attached hydrogens (primary N) is 1. The lowest BCUT2D eigenvalue weighted by molar-refractivity contribution is 0.184. The third kappa shape index (κ3) is 2.69. The van der Waals surface area contributed by atoms with E-state index in [0.717, 1.165) is 12.8 Å². The number of carbonyl (C=O) groups excluding carboxylic acids is 1. The molecule has 0 radical (unpaired) electrons. The summed E-state index contributed by atoms with van der Waals surface area (Å²) in [5.74, 6) is 0.650. The number of hydrogen-bond acceptors (Lipinski definition) is 5. The standard InChI is InChI=1S/C9H15N5O2/c10-9(15)14-3-1-7(2-4-14)11-5-8-12-6-16-13-8/h6-7,11H,1-5H2,(H2,10,15). The molecule has 2 rings (SSSR count). The van der Waals surface area contributed by atoms with Crippen molar-refractivity contribution in [3.05, 3.63) is 12.2 Å². The van der Waals surface area contributed by atoms with Gasteiger partial charge in [0.2, 0.25) is 6.39 Å². The molecule has 7 heteroatoms. The van der Waals surface area contributed by atoms with Crippen LogP contribution in [-0.4, -0.2) is 40.2 Å². The van der Waals surface area contributed by atoms with Crippen LogP contribution < -0.4 is 11.1 Å². The minimum Gasteiger partial charge on any atom is -0.351 e. The monoisotopic (exact) mass is 225 g/mol. The number of rotatable bonds is 3. The van der Waals surface area contributed by atoms with Gasteiger partial charge < -0.3 is 20.5 Å². The van der Waals surface area contributed by atoms with Gasteiger partial charge in [-0.25, -0.2) is 4.79 Å². The zero-order valence-electron chi connectivity index (χ0n) is 8.93. The summed E-state index contributed by atoms with van der Waals surface area (Å²) in [6.45, 7) is 2.01. The van der Waals surface area contributed by atoms with Gasteiger partial charge in [0.25, 0.3) is 0 Å². The molecule has 1 aliphatic rings. The van der Waals surface area contributed by atoms with Crippen molar-refractivity contribution in [1.82, 2.24) is 20.4 Å². The number of piperidine rings is 1. The highest BCUT2D eigenvalue weighted by Gasteiger charge is 2.20. The molecule has 1 aromatic rings. The highest BCUT2D eigenvalue weighted by Crippen LogP contribution is 2.10. The number of hydrogen-bond donors (Lipinski definition) is 2. The molecule has 1 fully saturated rings. The summed E-state index contributed by atoms with van der Waals surface area (Å²) in [6, 6.07) is 0.0470. The Bertz CT molecular complexity index is 332. The van der Waals surface area contributed by atoms with E-state index in [2.05, 4.69) is 20.0 Å². The molecule has 0 unspecified atom stereocenters. The van der Waals surface area contributed by atoms with E-state index in [-0.39, 0.29) is 6.03 Å². The fraction of sp³-hybridized carbons (Fsp3) is 0.667. The van der Waals surface area contributed by atoms with Crippen molar-refractivity contribution in [1.29, 1.82) is 0 Å². The van der Waals surface area contributed by atoms with Crippen LogP contribution in [0.2, 0.25) is 0 Å². The van der Waals surface area contributed by atoms with E-state index in [1.165, 1.54) is 6.39 Å². The third-order valence-electron chi connectivity index (χ3n) is 2.76. The Kier molecular flexibility index (Phi) is 3.35. The lowest BCUT2D eigenvalue weighted by atomic mass is 10.1. The number of aromatic nitrogens is 2. The summed E-state index contributed by atoms with van der Waals surface area (Å²) >= 11 is 0. The second kappa shape index (κ2) is 4.93. The van der Waals surface area contributed by atoms with Gasteiger partial charge in [-0.1, -0.05) is 5.16 Å². The predicted molar refractivity (Wildman–Crippen MR) is 55.3 cm³/mol. The molecule has 0 atom stereocenters. The van der Waals surface area contributed by atoms with Crippen LogP contribution in [0.3, 0.4) is 0 Å². The van der Waals surface area contributed by atoms with E-state index in [1.54, 1.807) is 4.90 Å². The van der Waals surface area contributed by atoms with Crippen LogP contribution in [0.1, 0.15) is 18.7 Å². The summed E-state index contributed by atoms with van der Waals surface area (Å²) < 4.78 is 4.63. The molecule has 0 spiro atoms. The molecule has 16 heavy (non-hydrogen) atoms. The van der Waals surface area contributed by atoms with Gasteiger partial charge >= 0.3 is 6.03 Å². The first-order valence-corrected chi connectivity index (χ1v) is 5.28. The van der Waals surface area contributed by atoms with Crippen LogP contribution in [0.25, 0.3) is 0 Å². The molecule has 2 heterocycles. The van der Waals surface area contributed by atoms with Gasteiger partial charge in [-0.2, -0.15) is 4.98 Å². The molecule has 0 saturated carbocycles. The SMILES string of the molecule is NC(=O)N1CCC(NCc2ncon2)CC1. The van der Waals surface area contributed by atoms with Gasteiger partial charge in [0.05, 0.1) is 6.54 Å². The molecule has 3 N–H and O–H groups in total. The molecule has 0 aliphatic carbocycles. The van der Waals surface area contributed by atoms with Crippen molar-refractivity contribution in [3.63, 3.8) is 0 Å². The first kappa shape index (κ1) is 10.9. The maximum atomic E-state index is 10.9. The van der Waals surface area contributed by atoms with Gasteiger partial charge in [0, 0.05) is 19.1 Å². The van der Waals surface area contributed by atoms with Crippen molar-refractivity contribution in [3.8, 4) is 0 Å². The largest absolute Gasteiger partial charge is 0.351 e. The van der Waals surface area contributed by atoms with Crippen LogP contribution in [0.4, 0.5) is 4.79 Å². The lowest BCUT2D eigenvalue weighted by Gasteiger charge is -2.31. The van der Waals surface area contributed by atoms with E-state index in [9.17, 15) is 4.79 Å². The fourth-order valence-electron chi connectivity index (χ4n) is 1.81. The Hall–Kier alpha value is -1.63. The zero-order valence-corrected chi connectivity index (χ0v) is 8.93. The van der Waals surface area contributed by atoms with Crippen molar-refractivity contribution in [2.45, 2.75) is 25.4 Å². The van der Waals surface area contributed by atoms with Gasteiger partial charge in [-0.3, -0.25) is 0 Å². The van der Waals surface area contributed by atoms with E-state index >= 15 is 0 Å². The summed E-state index contributed by atoms with van der Waals surface area (Å²) in [5, 5.41) is 7.03. The molecule has 2 amide bonds. The lowest BCUT2D eigenvalue weighted by Crippen LogP contribution is -2.46. The average Bonchev–Trinajstić information content (AvgIpc) is 2.80. The molecule has 7 nitrogen and oxygen atoms in total. The average molecular weight is 225 g/mol.